The summed E-state index contributed by atoms with van der Waals surface area (Å²) in [5.41, 5.74) is 12.7. The summed E-state index contributed by atoms with van der Waals surface area (Å²) >= 11 is 5.99. The van der Waals surface area contributed by atoms with Crippen molar-refractivity contribution < 1.29 is 9.31 Å². The molecule has 1 saturated heterocycles. The van der Waals surface area contributed by atoms with E-state index in [2.05, 4.69) is 0 Å². The number of hydrogen-bond acceptors (Lipinski definition) is 4. The van der Waals surface area contributed by atoms with Crippen molar-refractivity contribution in [1.82, 2.24) is 0 Å². The Morgan fingerprint density at radius 2 is 1.68 bits per heavy atom. The lowest BCUT2D eigenvalue weighted by Gasteiger charge is -2.32. The van der Waals surface area contributed by atoms with Gasteiger partial charge in [-0.25, -0.2) is 0 Å². The SMILES string of the molecule is CC1(C)OB([C@@H](N)c2cc(Cl)ccc2N)OC1(C)C. The molecule has 104 valence electrons. The summed E-state index contributed by atoms with van der Waals surface area (Å²) in [6.07, 6.45) is 0. The fourth-order valence-corrected chi connectivity index (χ4v) is 2.20. The number of rotatable bonds is 2. The minimum Gasteiger partial charge on any atom is -0.402 e. The van der Waals surface area contributed by atoms with E-state index in [4.69, 9.17) is 32.4 Å². The van der Waals surface area contributed by atoms with Gasteiger partial charge in [-0.1, -0.05) is 11.6 Å². The van der Waals surface area contributed by atoms with Crippen molar-refractivity contribution in [3.8, 4) is 0 Å². The van der Waals surface area contributed by atoms with Crippen LogP contribution in [-0.4, -0.2) is 18.3 Å². The van der Waals surface area contributed by atoms with Crippen LogP contribution >= 0.6 is 11.6 Å². The minimum absolute atomic E-state index is 0.414. The highest BCUT2D eigenvalue weighted by atomic mass is 35.5. The lowest BCUT2D eigenvalue weighted by molar-refractivity contribution is 0.00578. The molecule has 1 atom stereocenters. The summed E-state index contributed by atoms with van der Waals surface area (Å²) < 4.78 is 11.9. The quantitative estimate of drug-likeness (QED) is 0.646. The van der Waals surface area contributed by atoms with E-state index in [0.717, 1.165) is 5.56 Å². The smallest absolute Gasteiger partial charge is 0.402 e. The predicted octanol–water partition coefficient (Wildman–Crippen LogP) is 2.55. The standard InChI is InChI=1S/C13H20BClN2O2/c1-12(2)13(3,4)19-14(18-12)11(17)9-7-8(15)5-6-10(9)16/h5-7,11H,16-17H2,1-4H3/t11-/m0/s1. The Morgan fingerprint density at radius 3 is 2.21 bits per heavy atom. The lowest BCUT2D eigenvalue weighted by atomic mass is 9.74. The van der Waals surface area contributed by atoms with Crippen LogP contribution in [0.2, 0.25) is 5.02 Å². The number of nitrogen functional groups attached to an aromatic ring is 1. The molecule has 1 aromatic carbocycles. The molecule has 1 aliphatic rings. The van der Waals surface area contributed by atoms with Crippen LogP contribution < -0.4 is 11.5 Å². The molecule has 4 nitrogen and oxygen atoms in total. The third-order valence-electron chi connectivity index (χ3n) is 3.97. The first-order chi connectivity index (χ1) is 8.64. The largest absolute Gasteiger partial charge is 0.480 e. The Bertz CT molecular complexity index is 478. The van der Waals surface area contributed by atoms with Crippen molar-refractivity contribution in [3.63, 3.8) is 0 Å². The second kappa shape index (κ2) is 4.67. The van der Waals surface area contributed by atoms with Gasteiger partial charge in [-0.05, 0) is 51.5 Å². The van der Waals surface area contributed by atoms with E-state index >= 15 is 0 Å². The van der Waals surface area contributed by atoms with Crippen LogP contribution in [0.15, 0.2) is 18.2 Å². The van der Waals surface area contributed by atoms with Gasteiger partial charge in [0.05, 0.1) is 17.1 Å². The second-order valence-corrected chi connectivity index (χ2v) is 6.36. The van der Waals surface area contributed by atoms with Crippen molar-refractivity contribution in [3.05, 3.63) is 28.8 Å². The van der Waals surface area contributed by atoms with Crippen LogP contribution in [0.3, 0.4) is 0 Å². The molecule has 2 rings (SSSR count). The van der Waals surface area contributed by atoms with E-state index in [-0.39, 0.29) is 0 Å². The Hall–Kier alpha value is -0.745. The molecule has 0 aromatic heterocycles. The second-order valence-electron chi connectivity index (χ2n) is 5.92. The summed E-state index contributed by atoms with van der Waals surface area (Å²) in [5, 5.41) is 0.594. The Morgan fingerprint density at radius 1 is 1.16 bits per heavy atom. The topological polar surface area (TPSA) is 70.5 Å². The summed E-state index contributed by atoms with van der Waals surface area (Å²) in [6, 6.07) is 5.23. The van der Waals surface area contributed by atoms with Crippen LogP contribution in [0.4, 0.5) is 5.69 Å². The lowest BCUT2D eigenvalue weighted by Crippen LogP contribution is -2.41. The zero-order valence-corrected chi connectivity index (χ0v) is 12.5. The summed E-state index contributed by atoms with van der Waals surface area (Å²) in [7, 11) is -0.536. The van der Waals surface area contributed by atoms with E-state index in [1.54, 1.807) is 18.2 Å². The molecule has 0 saturated carbocycles. The molecule has 6 heteroatoms. The van der Waals surface area contributed by atoms with Crippen molar-refractivity contribution in [1.29, 1.82) is 0 Å². The molecule has 0 unspecified atom stereocenters. The maximum atomic E-state index is 6.22. The monoisotopic (exact) mass is 282 g/mol. The van der Waals surface area contributed by atoms with Crippen molar-refractivity contribution in [2.75, 3.05) is 5.73 Å². The number of halogens is 1. The number of nitrogens with two attached hydrogens (primary N) is 2. The Kier molecular flexibility index (Phi) is 3.60. The molecule has 1 aliphatic heterocycles. The van der Waals surface area contributed by atoms with Crippen LogP contribution in [0, 0.1) is 0 Å². The van der Waals surface area contributed by atoms with Gasteiger partial charge in [0.1, 0.15) is 0 Å². The van der Waals surface area contributed by atoms with Gasteiger partial charge in [-0.2, -0.15) is 0 Å². The molecule has 0 spiro atoms. The van der Waals surface area contributed by atoms with Crippen LogP contribution in [-0.2, 0) is 9.31 Å². The van der Waals surface area contributed by atoms with Crippen LogP contribution in [0.1, 0.15) is 39.2 Å². The van der Waals surface area contributed by atoms with Gasteiger partial charge < -0.3 is 20.8 Å². The zero-order chi connectivity index (χ0) is 14.4. The van der Waals surface area contributed by atoms with Crippen molar-refractivity contribution in [2.45, 2.75) is 44.8 Å². The van der Waals surface area contributed by atoms with E-state index < -0.39 is 24.3 Å². The average molecular weight is 283 g/mol. The third kappa shape index (κ3) is 2.61. The maximum Gasteiger partial charge on any atom is 0.480 e. The molecular weight excluding hydrogens is 262 g/mol. The number of benzene rings is 1. The zero-order valence-electron chi connectivity index (χ0n) is 11.7. The molecule has 19 heavy (non-hydrogen) atoms. The van der Waals surface area contributed by atoms with Crippen molar-refractivity contribution in [2.24, 2.45) is 5.73 Å². The summed E-state index contributed by atoms with van der Waals surface area (Å²) in [4.78, 5) is 0. The van der Waals surface area contributed by atoms with Gasteiger partial charge in [0.15, 0.2) is 0 Å². The molecule has 1 heterocycles. The molecule has 0 amide bonds. The van der Waals surface area contributed by atoms with Crippen LogP contribution in [0.5, 0.6) is 0 Å². The van der Waals surface area contributed by atoms with E-state index in [1.165, 1.54) is 0 Å². The highest BCUT2D eigenvalue weighted by Crippen LogP contribution is 2.40. The highest BCUT2D eigenvalue weighted by Gasteiger charge is 2.53. The van der Waals surface area contributed by atoms with Crippen molar-refractivity contribution >= 4 is 24.4 Å². The number of hydrogen-bond donors (Lipinski definition) is 2. The Labute approximate surface area is 119 Å². The van der Waals surface area contributed by atoms with Gasteiger partial charge in [0.25, 0.3) is 0 Å². The normalized spacial score (nSPS) is 22.5. The maximum absolute atomic E-state index is 6.22. The molecule has 1 fully saturated rings. The third-order valence-corrected chi connectivity index (χ3v) is 4.21. The van der Waals surface area contributed by atoms with Gasteiger partial charge in [-0.15, -0.1) is 0 Å². The van der Waals surface area contributed by atoms with Gasteiger partial charge in [0, 0.05) is 10.7 Å². The fraction of sp³-hybridized carbons (Fsp3) is 0.538. The van der Waals surface area contributed by atoms with E-state index in [1.807, 2.05) is 27.7 Å². The molecule has 0 radical (unpaired) electrons. The van der Waals surface area contributed by atoms with Gasteiger partial charge in [-0.3, -0.25) is 0 Å². The minimum atomic E-state index is -0.536. The average Bonchev–Trinajstić information content (AvgIpc) is 2.51. The Balaban J connectivity index is 2.27. The molecule has 0 aliphatic carbocycles. The first-order valence-electron chi connectivity index (χ1n) is 6.30. The molecular formula is C13H20BClN2O2. The van der Waals surface area contributed by atoms with E-state index in [0.29, 0.717) is 10.7 Å². The van der Waals surface area contributed by atoms with Crippen LogP contribution in [0.25, 0.3) is 0 Å². The predicted molar refractivity (Wildman–Crippen MR) is 78.9 cm³/mol. The molecule has 1 aromatic rings. The first kappa shape index (κ1) is 14.7. The highest BCUT2D eigenvalue weighted by molar-refractivity contribution is 6.47. The summed E-state index contributed by atoms with van der Waals surface area (Å²) in [5.74, 6) is -0.472. The summed E-state index contributed by atoms with van der Waals surface area (Å²) in [6.45, 7) is 7.95. The molecule has 0 bridgehead atoms. The van der Waals surface area contributed by atoms with E-state index in [9.17, 15) is 0 Å². The van der Waals surface area contributed by atoms with Gasteiger partial charge in [0.2, 0.25) is 0 Å². The fourth-order valence-electron chi connectivity index (χ4n) is 2.02. The number of anilines is 1. The van der Waals surface area contributed by atoms with Gasteiger partial charge >= 0.3 is 7.12 Å². The first-order valence-corrected chi connectivity index (χ1v) is 6.68. The molecule has 4 N–H and O–H groups in total.